The molecule has 158 valence electrons. The number of methoxy groups -OCH3 is 1. The quantitative estimate of drug-likeness (QED) is 0.552. The van der Waals surface area contributed by atoms with E-state index >= 15 is 0 Å². The zero-order valence-electron chi connectivity index (χ0n) is 17.7. The maximum atomic E-state index is 5.43. The Morgan fingerprint density at radius 1 is 1.34 bits per heavy atom. The van der Waals surface area contributed by atoms with Gasteiger partial charge in [-0.1, -0.05) is 12.1 Å². The molecule has 1 N–H and O–H groups in total. The van der Waals surface area contributed by atoms with Gasteiger partial charge in [0.2, 0.25) is 0 Å². The van der Waals surface area contributed by atoms with E-state index in [0.29, 0.717) is 6.54 Å². The maximum absolute atomic E-state index is 5.43. The number of rotatable bonds is 7. The van der Waals surface area contributed by atoms with Crippen molar-refractivity contribution in [3.8, 4) is 0 Å². The van der Waals surface area contributed by atoms with E-state index in [9.17, 15) is 0 Å². The highest BCUT2D eigenvalue weighted by molar-refractivity contribution is 7.09. The highest BCUT2D eigenvalue weighted by atomic mass is 32.1. The van der Waals surface area contributed by atoms with Crippen molar-refractivity contribution < 1.29 is 9.47 Å². The van der Waals surface area contributed by atoms with Gasteiger partial charge in [-0.25, -0.2) is 4.98 Å². The second kappa shape index (κ2) is 10.6. The van der Waals surface area contributed by atoms with Crippen LogP contribution in [0.5, 0.6) is 0 Å². The Balaban J connectivity index is 1.52. The molecule has 3 rings (SSSR count). The third-order valence-corrected chi connectivity index (χ3v) is 6.06. The van der Waals surface area contributed by atoms with Crippen molar-refractivity contribution >= 4 is 23.0 Å². The van der Waals surface area contributed by atoms with Crippen molar-refractivity contribution in [3.63, 3.8) is 0 Å². The second-order valence-corrected chi connectivity index (χ2v) is 7.97. The molecule has 1 aromatic heterocycles. The zero-order valence-corrected chi connectivity index (χ0v) is 18.5. The molecule has 1 saturated heterocycles. The Hall–Kier alpha value is -2.16. The number of morpholine rings is 1. The molecule has 0 spiro atoms. The van der Waals surface area contributed by atoms with E-state index in [0.717, 1.165) is 49.5 Å². The Kier molecular flexibility index (Phi) is 7.85. The fourth-order valence-electron chi connectivity index (χ4n) is 3.21. The molecular formula is C21H31N5O2S. The van der Waals surface area contributed by atoms with Crippen LogP contribution in [0.2, 0.25) is 0 Å². The fourth-order valence-corrected chi connectivity index (χ4v) is 4.05. The van der Waals surface area contributed by atoms with Gasteiger partial charge in [0.1, 0.15) is 11.1 Å². The van der Waals surface area contributed by atoms with E-state index in [4.69, 9.17) is 9.47 Å². The number of aromatic nitrogens is 1. The molecule has 2 aromatic rings. The summed E-state index contributed by atoms with van der Waals surface area (Å²) in [5.41, 5.74) is 3.50. The average molecular weight is 418 g/mol. The Labute approximate surface area is 177 Å². The van der Waals surface area contributed by atoms with Crippen LogP contribution in [-0.4, -0.2) is 63.4 Å². The Bertz CT molecular complexity index is 787. The van der Waals surface area contributed by atoms with E-state index in [1.807, 2.05) is 14.0 Å². The number of hydrogen-bond acceptors (Lipinski definition) is 6. The highest BCUT2D eigenvalue weighted by Gasteiger charge is 2.13. The van der Waals surface area contributed by atoms with Crippen LogP contribution in [0, 0.1) is 0 Å². The van der Waals surface area contributed by atoms with Gasteiger partial charge in [0.15, 0.2) is 5.96 Å². The summed E-state index contributed by atoms with van der Waals surface area (Å²) in [5.74, 6) is 0.844. The first-order valence-electron chi connectivity index (χ1n) is 9.91. The van der Waals surface area contributed by atoms with Gasteiger partial charge >= 0.3 is 0 Å². The fraction of sp³-hybridized carbons (Fsp3) is 0.524. The number of nitrogens with one attached hydrogen (secondary N) is 1. The van der Waals surface area contributed by atoms with E-state index in [2.05, 4.69) is 54.7 Å². The lowest BCUT2D eigenvalue weighted by molar-refractivity contribution is 0.119. The molecular weight excluding hydrogens is 386 g/mol. The first kappa shape index (κ1) is 21.5. The lowest BCUT2D eigenvalue weighted by atomic mass is 10.2. The van der Waals surface area contributed by atoms with Crippen LogP contribution in [0.1, 0.15) is 29.3 Å². The van der Waals surface area contributed by atoms with Crippen molar-refractivity contribution in [3.05, 3.63) is 45.9 Å². The minimum Gasteiger partial charge on any atom is -0.378 e. The van der Waals surface area contributed by atoms with Crippen LogP contribution in [-0.2, 0) is 22.6 Å². The van der Waals surface area contributed by atoms with Crippen LogP contribution < -0.4 is 10.2 Å². The molecule has 1 unspecified atom stereocenters. The summed E-state index contributed by atoms with van der Waals surface area (Å²) in [4.78, 5) is 13.5. The average Bonchev–Trinajstić information content (AvgIpc) is 3.23. The standard InChI is InChI=1S/C21H31N5O2S/c1-16(27-4)20-24-18(15-29-20)14-25(3)21(22-2)23-13-17-5-7-19(8-6-17)26-9-11-28-12-10-26/h5-8,15-16H,9-14H2,1-4H3,(H,22,23). The lowest BCUT2D eigenvalue weighted by Gasteiger charge is -2.29. The van der Waals surface area contributed by atoms with E-state index in [1.54, 1.807) is 25.5 Å². The van der Waals surface area contributed by atoms with Gasteiger partial charge in [-0.15, -0.1) is 11.3 Å². The van der Waals surface area contributed by atoms with Crippen LogP contribution in [0.4, 0.5) is 5.69 Å². The minimum atomic E-state index is 0.0249. The summed E-state index contributed by atoms with van der Waals surface area (Å²) in [6.45, 7) is 6.95. The molecule has 0 aliphatic carbocycles. The second-order valence-electron chi connectivity index (χ2n) is 7.08. The molecule has 0 amide bonds. The van der Waals surface area contributed by atoms with Crippen molar-refractivity contribution in [1.82, 2.24) is 15.2 Å². The van der Waals surface area contributed by atoms with Gasteiger partial charge < -0.3 is 24.6 Å². The van der Waals surface area contributed by atoms with Crippen LogP contribution in [0.25, 0.3) is 0 Å². The summed E-state index contributed by atoms with van der Waals surface area (Å²) in [7, 11) is 5.53. The molecule has 1 atom stereocenters. The zero-order chi connectivity index (χ0) is 20.6. The number of ether oxygens (including phenoxy) is 2. The molecule has 2 heterocycles. The van der Waals surface area contributed by atoms with Crippen molar-refractivity contribution in [2.75, 3.05) is 52.4 Å². The summed E-state index contributed by atoms with van der Waals surface area (Å²) in [5, 5.41) is 6.52. The predicted octanol–water partition coefficient (Wildman–Crippen LogP) is 2.89. The number of guanidine groups is 1. The molecule has 1 fully saturated rings. The first-order valence-corrected chi connectivity index (χ1v) is 10.8. The van der Waals surface area contributed by atoms with E-state index in [-0.39, 0.29) is 6.10 Å². The number of anilines is 1. The summed E-state index contributed by atoms with van der Waals surface area (Å²) in [6.07, 6.45) is 0.0249. The van der Waals surface area contributed by atoms with E-state index < -0.39 is 0 Å². The highest BCUT2D eigenvalue weighted by Crippen LogP contribution is 2.21. The molecule has 1 aliphatic heterocycles. The van der Waals surface area contributed by atoms with Gasteiger partial charge in [-0.05, 0) is 24.6 Å². The number of nitrogens with zero attached hydrogens (tertiary/aromatic N) is 4. The number of aliphatic imine (C=N–C) groups is 1. The van der Waals surface area contributed by atoms with Gasteiger partial charge in [0.05, 0.1) is 25.5 Å². The Morgan fingerprint density at radius 3 is 2.72 bits per heavy atom. The number of benzene rings is 1. The van der Waals surface area contributed by atoms with E-state index in [1.165, 1.54) is 11.3 Å². The molecule has 7 nitrogen and oxygen atoms in total. The molecule has 8 heteroatoms. The first-order chi connectivity index (χ1) is 14.1. The minimum absolute atomic E-state index is 0.0249. The molecule has 0 radical (unpaired) electrons. The third-order valence-electron chi connectivity index (χ3n) is 5.01. The molecule has 29 heavy (non-hydrogen) atoms. The maximum Gasteiger partial charge on any atom is 0.194 e. The smallest absolute Gasteiger partial charge is 0.194 e. The molecule has 1 aromatic carbocycles. The van der Waals surface area contributed by atoms with Crippen LogP contribution in [0.15, 0.2) is 34.6 Å². The predicted molar refractivity (Wildman–Crippen MR) is 119 cm³/mol. The summed E-state index contributed by atoms with van der Waals surface area (Å²) in [6, 6.07) is 8.71. The summed E-state index contributed by atoms with van der Waals surface area (Å²) < 4.78 is 10.8. The topological polar surface area (TPSA) is 62.2 Å². The number of thiazole rings is 1. The van der Waals surface area contributed by atoms with Crippen molar-refractivity contribution in [1.29, 1.82) is 0 Å². The van der Waals surface area contributed by atoms with Gasteiger partial charge in [-0.3, -0.25) is 4.99 Å². The Morgan fingerprint density at radius 2 is 2.07 bits per heavy atom. The van der Waals surface area contributed by atoms with Gasteiger partial charge in [-0.2, -0.15) is 0 Å². The van der Waals surface area contributed by atoms with Gasteiger partial charge in [0, 0.05) is 51.9 Å². The monoisotopic (exact) mass is 417 g/mol. The number of hydrogen-bond donors (Lipinski definition) is 1. The largest absolute Gasteiger partial charge is 0.378 e. The lowest BCUT2D eigenvalue weighted by Crippen LogP contribution is -2.38. The van der Waals surface area contributed by atoms with Crippen LogP contribution >= 0.6 is 11.3 Å². The molecule has 0 bridgehead atoms. The summed E-state index contributed by atoms with van der Waals surface area (Å²) >= 11 is 1.63. The SMILES string of the molecule is CN=C(NCc1ccc(N2CCOCC2)cc1)N(C)Cc1csc(C(C)OC)n1. The normalized spacial score (nSPS) is 16.0. The van der Waals surface area contributed by atoms with Crippen LogP contribution in [0.3, 0.4) is 0 Å². The molecule has 0 saturated carbocycles. The van der Waals surface area contributed by atoms with Gasteiger partial charge in [0.25, 0.3) is 0 Å². The van der Waals surface area contributed by atoms with Crippen molar-refractivity contribution in [2.24, 2.45) is 4.99 Å². The molecule has 1 aliphatic rings. The van der Waals surface area contributed by atoms with Crippen molar-refractivity contribution in [2.45, 2.75) is 26.1 Å². The third kappa shape index (κ3) is 5.91.